The van der Waals surface area contributed by atoms with Crippen LogP contribution in [0, 0.1) is 5.92 Å². The average Bonchev–Trinajstić information content (AvgIpc) is 3.31. The molecular formula is C29H29Cl2N7O2S. The molecule has 41 heavy (non-hydrogen) atoms. The number of rotatable bonds is 11. The van der Waals surface area contributed by atoms with E-state index in [1.165, 1.54) is 17.8 Å². The molecule has 1 atom stereocenters. The Labute approximate surface area is 252 Å². The van der Waals surface area contributed by atoms with Crippen LogP contribution in [0.25, 0.3) is 0 Å². The Morgan fingerprint density at radius 3 is 2.29 bits per heavy atom. The van der Waals surface area contributed by atoms with Crippen LogP contribution >= 0.6 is 35.0 Å². The molecule has 2 amide bonds. The molecule has 0 radical (unpaired) electrons. The molecule has 0 spiro atoms. The summed E-state index contributed by atoms with van der Waals surface area (Å²) in [5.74, 6) is 0.457. The Morgan fingerprint density at radius 1 is 0.951 bits per heavy atom. The first-order chi connectivity index (χ1) is 19.7. The number of azo groups is 1. The van der Waals surface area contributed by atoms with Crippen LogP contribution in [0.3, 0.4) is 0 Å². The van der Waals surface area contributed by atoms with Crippen molar-refractivity contribution in [3.05, 3.63) is 94.2 Å². The standard InChI is InChI=1S/C29H29Cl2N7O2S/c1-18(2)15-25(33-28(40)23-14-9-19(30)16-24(23)31)27-36-37-29(38(27)3)41-17-26(39)32-20-10-12-22(13-11-20)35-34-21-7-5-4-6-8-21/h4-14,16,18,25H,15,17H2,1-3H3,(H,32,39)(H,33,40)/t25-/m0/s1. The van der Waals surface area contributed by atoms with Crippen LogP contribution in [0.4, 0.5) is 17.1 Å². The minimum absolute atomic E-state index is 0.128. The van der Waals surface area contributed by atoms with Gasteiger partial charge in [-0.2, -0.15) is 10.2 Å². The summed E-state index contributed by atoms with van der Waals surface area (Å²) >= 11 is 13.5. The van der Waals surface area contributed by atoms with E-state index in [-0.39, 0.29) is 28.5 Å². The van der Waals surface area contributed by atoms with E-state index in [0.717, 1.165) is 5.69 Å². The highest BCUT2D eigenvalue weighted by atomic mass is 35.5. The summed E-state index contributed by atoms with van der Waals surface area (Å²) in [5.41, 5.74) is 2.41. The van der Waals surface area contributed by atoms with Crippen LogP contribution in [-0.2, 0) is 11.8 Å². The molecule has 0 saturated carbocycles. The van der Waals surface area contributed by atoms with Crippen LogP contribution in [-0.4, -0.2) is 32.3 Å². The second kappa shape index (κ2) is 14.2. The lowest BCUT2D eigenvalue weighted by Crippen LogP contribution is -2.31. The summed E-state index contributed by atoms with van der Waals surface area (Å²) in [7, 11) is 1.81. The molecule has 2 N–H and O–H groups in total. The zero-order valence-electron chi connectivity index (χ0n) is 22.7. The highest BCUT2D eigenvalue weighted by Gasteiger charge is 2.24. The first-order valence-corrected chi connectivity index (χ1v) is 14.6. The number of carbonyl (C=O) groups excluding carboxylic acids is 2. The molecule has 0 aliphatic rings. The zero-order chi connectivity index (χ0) is 29.4. The quantitative estimate of drug-likeness (QED) is 0.133. The third-order valence-electron chi connectivity index (χ3n) is 5.89. The van der Waals surface area contributed by atoms with Gasteiger partial charge in [-0.05, 0) is 66.9 Å². The van der Waals surface area contributed by atoms with Gasteiger partial charge in [0.05, 0.1) is 33.8 Å². The van der Waals surface area contributed by atoms with E-state index in [1.807, 2.05) is 37.4 Å². The molecule has 0 aliphatic carbocycles. The molecule has 0 saturated heterocycles. The van der Waals surface area contributed by atoms with E-state index in [1.54, 1.807) is 41.0 Å². The van der Waals surface area contributed by atoms with Crippen molar-refractivity contribution in [1.29, 1.82) is 0 Å². The second-order valence-electron chi connectivity index (χ2n) is 9.60. The number of hydrogen-bond acceptors (Lipinski definition) is 7. The summed E-state index contributed by atoms with van der Waals surface area (Å²) in [5, 5.41) is 24.2. The Morgan fingerprint density at radius 2 is 1.63 bits per heavy atom. The summed E-state index contributed by atoms with van der Waals surface area (Å²) in [6.07, 6.45) is 0.634. The molecule has 3 aromatic carbocycles. The summed E-state index contributed by atoms with van der Waals surface area (Å²) < 4.78 is 1.79. The maximum Gasteiger partial charge on any atom is 0.253 e. The van der Waals surface area contributed by atoms with Crippen molar-refractivity contribution >= 4 is 63.8 Å². The number of nitrogens with one attached hydrogen (secondary N) is 2. The SMILES string of the molecule is CC(C)C[C@H](NC(=O)c1ccc(Cl)cc1Cl)c1nnc(SCC(=O)Nc2ccc(N=Nc3ccccc3)cc2)n1C. The monoisotopic (exact) mass is 609 g/mol. The number of benzene rings is 3. The van der Waals surface area contributed by atoms with Crippen LogP contribution in [0.2, 0.25) is 10.0 Å². The molecule has 9 nitrogen and oxygen atoms in total. The van der Waals surface area contributed by atoms with Gasteiger partial charge in [0.2, 0.25) is 5.91 Å². The molecule has 1 aromatic heterocycles. The van der Waals surface area contributed by atoms with Crippen LogP contribution in [0.15, 0.2) is 88.2 Å². The van der Waals surface area contributed by atoms with Gasteiger partial charge in [-0.15, -0.1) is 10.2 Å². The fraction of sp³-hybridized carbons (Fsp3) is 0.241. The van der Waals surface area contributed by atoms with Gasteiger partial charge in [0.25, 0.3) is 5.91 Å². The summed E-state index contributed by atoms with van der Waals surface area (Å²) in [6, 6.07) is 20.9. The van der Waals surface area contributed by atoms with Gasteiger partial charge >= 0.3 is 0 Å². The van der Waals surface area contributed by atoms with E-state index in [9.17, 15) is 9.59 Å². The Hall–Kier alpha value is -3.73. The van der Waals surface area contributed by atoms with E-state index in [0.29, 0.717) is 39.4 Å². The van der Waals surface area contributed by atoms with Crippen molar-refractivity contribution < 1.29 is 9.59 Å². The fourth-order valence-corrected chi connectivity index (χ4v) is 5.13. The van der Waals surface area contributed by atoms with Crippen molar-refractivity contribution in [1.82, 2.24) is 20.1 Å². The second-order valence-corrected chi connectivity index (χ2v) is 11.4. The Bertz CT molecular complexity index is 1530. The molecule has 1 heterocycles. The number of anilines is 1. The van der Waals surface area contributed by atoms with Gasteiger partial charge in [-0.3, -0.25) is 9.59 Å². The van der Waals surface area contributed by atoms with E-state index in [4.69, 9.17) is 23.2 Å². The molecule has 12 heteroatoms. The topological polar surface area (TPSA) is 114 Å². The molecule has 0 fully saturated rings. The smallest absolute Gasteiger partial charge is 0.253 e. The minimum atomic E-state index is -0.410. The van der Waals surface area contributed by atoms with Gasteiger partial charge in [0.1, 0.15) is 0 Å². The number of thioether (sulfide) groups is 1. The fourth-order valence-electron chi connectivity index (χ4n) is 3.91. The van der Waals surface area contributed by atoms with E-state index >= 15 is 0 Å². The zero-order valence-corrected chi connectivity index (χ0v) is 25.0. The van der Waals surface area contributed by atoms with Crippen molar-refractivity contribution in [2.45, 2.75) is 31.5 Å². The van der Waals surface area contributed by atoms with Gasteiger partial charge in [0, 0.05) is 17.8 Å². The van der Waals surface area contributed by atoms with Crippen molar-refractivity contribution in [2.24, 2.45) is 23.2 Å². The minimum Gasteiger partial charge on any atom is -0.342 e. The van der Waals surface area contributed by atoms with E-state index in [2.05, 4.69) is 44.9 Å². The number of halogens is 2. The van der Waals surface area contributed by atoms with Crippen molar-refractivity contribution in [2.75, 3.05) is 11.1 Å². The normalized spacial score (nSPS) is 12.0. The van der Waals surface area contributed by atoms with Gasteiger partial charge < -0.3 is 15.2 Å². The molecule has 4 rings (SSSR count). The molecule has 212 valence electrons. The summed E-state index contributed by atoms with van der Waals surface area (Å²) in [4.78, 5) is 25.6. The molecular weight excluding hydrogens is 581 g/mol. The number of aromatic nitrogens is 3. The number of amides is 2. The number of hydrogen-bond donors (Lipinski definition) is 2. The maximum absolute atomic E-state index is 13.0. The maximum atomic E-state index is 13.0. The lowest BCUT2D eigenvalue weighted by Gasteiger charge is -2.20. The van der Waals surface area contributed by atoms with E-state index < -0.39 is 6.04 Å². The van der Waals surface area contributed by atoms with Crippen LogP contribution < -0.4 is 10.6 Å². The largest absolute Gasteiger partial charge is 0.342 e. The van der Waals surface area contributed by atoms with Crippen molar-refractivity contribution in [3.8, 4) is 0 Å². The Kier molecular flexibility index (Phi) is 10.5. The van der Waals surface area contributed by atoms with Crippen LogP contribution in [0.1, 0.15) is 42.5 Å². The van der Waals surface area contributed by atoms with Gasteiger partial charge in [-0.25, -0.2) is 0 Å². The highest BCUT2D eigenvalue weighted by molar-refractivity contribution is 7.99. The van der Waals surface area contributed by atoms with Gasteiger partial charge in [0.15, 0.2) is 11.0 Å². The molecule has 4 aromatic rings. The summed E-state index contributed by atoms with van der Waals surface area (Å²) in [6.45, 7) is 4.12. The third-order valence-corrected chi connectivity index (χ3v) is 7.46. The number of carbonyl (C=O) groups is 2. The van der Waals surface area contributed by atoms with Crippen LogP contribution in [0.5, 0.6) is 0 Å². The predicted octanol–water partition coefficient (Wildman–Crippen LogP) is 7.79. The van der Waals surface area contributed by atoms with Crippen molar-refractivity contribution in [3.63, 3.8) is 0 Å². The molecule has 0 aliphatic heterocycles. The Balaban J connectivity index is 1.35. The first-order valence-electron chi connectivity index (χ1n) is 12.8. The average molecular weight is 611 g/mol. The highest BCUT2D eigenvalue weighted by Crippen LogP contribution is 2.27. The number of nitrogens with zero attached hydrogens (tertiary/aromatic N) is 5. The lowest BCUT2D eigenvalue weighted by molar-refractivity contribution is -0.113. The third kappa shape index (κ3) is 8.63. The lowest BCUT2D eigenvalue weighted by atomic mass is 10.0. The molecule has 0 unspecified atom stereocenters. The predicted molar refractivity (Wildman–Crippen MR) is 164 cm³/mol. The van der Waals surface area contributed by atoms with Gasteiger partial charge in [-0.1, -0.05) is 67.0 Å². The molecule has 0 bridgehead atoms. The first kappa shape index (κ1) is 30.2.